The summed E-state index contributed by atoms with van der Waals surface area (Å²) in [7, 11) is 0. The first kappa shape index (κ1) is 30.0. The van der Waals surface area contributed by atoms with Gasteiger partial charge in [-0.2, -0.15) is 0 Å². The fourth-order valence-electron chi connectivity index (χ4n) is 6.50. The summed E-state index contributed by atoms with van der Waals surface area (Å²) in [5.74, 6) is -5.08. The normalized spacial score (nSPS) is 31.5. The number of alkyl halides is 4. The molecule has 2 saturated heterocycles. The molecule has 1 saturated carbocycles. The molecule has 3 fully saturated rings. The second-order valence-electron chi connectivity index (χ2n) is 11.1. The van der Waals surface area contributed by atoms with Crippen LogP contribution in [0.15, 0.2) is 46.5 Å². The van der Waals surface area contributed by atoms with Crippen LogP contribution in [0.25, 0.3) is 0 Å². The topological polar surface area (TPSA) is 84.0 Å². The Bertz CT molecular complexity index is 1610. The largest absolute Gasteiger partial charge is 0.426 e. The molecule has 6 rings (SSSR count). The average Bonchev–Trinajstić information content (AvgIpc) is 3.51. The molecule has 0 spiro atoms. The number of aryl methyl sites for hydroxylation is 2. The van der Waals surface area contributed by atoms with Gasteiger partial charge in [0, 0.05) is 18.7 Å². The molecule has 2 aromatic rings. The molecule has 0 radical (unpaired) electrons. The molecule has 0 N–H and O–H groups in total. The van der Waals surface area contributed by atoms with Gasteiger partial charge < -0.3 is 9.64 Å². The molecule has 3 amide bonds. The van der Waals surface area contributed by atoms with Crippen LogP contribution in [0.4, 0.5) is 11.4 Å². The molecule has 2 bridgehead atoms. The molecule has 7 nitrogen and oxygen atoms in total. The third kappa shape index (κ3) is 3.67. The summed E-state index contributed by atoms with van der Waals surface area (Å²) >= 11 is 39.4. The molecule has 2 aromatic carbocycles. The van der Waals surface area contributed by atoms with E-state index in [9.17, 15) is 19.2 Å². The first-order valence-electron chi connectivity index (χ1n) is 13.0. The lowest BCUT2D eigenvalue weighted by atomic mass is 9.84. The Balaban J connectivity index is 1.22. The van der Waals surface area contributed by atoms with E-state index in [0.717, 1.165) is 21.7 Å². The predicted octanol–water partition coefficient (Wildman–Crippen LogP) is 6.52. The first-order chi connectivity index (χ1) is 19.6. The van der Waals surface area contributed by atoms with E-state index in [1.165, 1.54) is 18.2 Å². The van der Waals surface area contributed by atoms with Gasteiger partial charge >= 0.3 is 5.97 Å². The van der Waals surface area contributed by atoms with Crippen LogP contribution in [0.3, 0.4) is 0 Å². The van der Waals surface area contributed by atoms with E-state index in [4.69, 9.17) is 74.3 Å². The summed E-state index contributed by atoms with van der Waals surface area (Å²) in [5.41, 5.74) is 3.47. The van der Waals surface area contributed by atoms with Gasteiger partial charge in [0.25, 0.3) is 0 Å². The number of benzene rings is 2. The quantitative estimate of drug-likeness (QED) is 0.158. The second-order valence-corrected chi connectivity index (χ2v) is 14.4. The van der Waals surface area contributed by atoms with Gasteiger partial charge in [-0.15, -0.1) is 23.2 Å². The number of carbonyl (C=O) groups is 4. The number of rotatable bonds is 4. The van der Waals surface area contributed by atoms with Crippen molar-refractivity contribution in [1.82, 2.24) is 0 Å². The van der Waals surface area contributed by atoms with Crippen molar-refractivity contribution in [3.05, 3.63) is 63.2 Å². The third-order valence-electron chi connectivity index (χ3n) is 8.86. The van der Waals surface area contributed by atoms with Gasteiger partial charge in [0.1, 0.15) is 15.5 Å². The van der Waals surface area contributed by atoms with Gasteiger partial charge in [-0.1, -0.05) is 58.5 Å². The Morgan fingerprint density at radius 3 is 2.02 bits per heavy atom. The van der Waals surface area contributed by atoms with Gasteiger partial charge in [-0.25, -0.2) is 4.90 Å². The van der Waals surface area contributed by atoms with E-state index in [-0.39, 0.29) is 40.4 Å². The number of amides is 3. The summed E-state index contributed by atoms with van der Waals surface area (Å²) in [6.07, 6.45) is 0.0188. The monoisotopic (exact) mass is 688 g/mol. The molecular weight excluding hydrogens is 669 g/mol. The van der Waals surface area contributed by atoms with E-state index in [1.807, 2.05) is 32.0 Å². The summed E-state index contributed by atoms with van der Waals surface area (Å²) < 4.78 is 3.60. The lowest BCUT2D eigenvalue weighted by Gasteiger charge is -2.34. The third-order valence-corrected chi connectivity index (χ3v) is 13.1. The Labute approximate surface area is 271 Å². The molecule has 13 heteroatoms. The van der Waals surface area contributed by atoms with Gasteiger partial charge in [-0.3, -0.25) is 19.2 Å². The zero-order valence-corrected chi connectivity index (χ0v) is 26.8. The highest BCUT2D eigenvalue weighted by Gasteiger charge is 2.87. The van der Waals surface area contributed by atoms with Crippen LogP contribution >= 0.6 is 69.6 Å². The van der Waals surface area contributed by atoms with E-state index >= 15 is 0 Å². The summed E-state index contributed by atoms with van der Waals surface area (Å²) in [6.45, 7) is 5.74. The maximum Gasteiger partial charge on any atom is 0.316 e. The Hall–Kier alpha value is -2.00. The number of hydrogen-bond acceptors (Lipinski definition) is 5. The SMILES string of the molecule is Cc1cc(OC(=O)[C@@H]2CC(=O)N(c3cccc(C)c3C)C2)ccc1N1C(=O)[C@H]2[C@H](C1=O)[C@@]1(Cl)C(Cl)=C(Cl)[C@@]2(Cl)C1(Cl)Cl. The van der Waals surface area contributed by atoms with Crippen LogP contribution < -0.4 is 14.5 Å². The van der Waals surface area contributed by atoms with Crippen LogP contribution in [0.5, 0.6) is 5.75 Å². The molecule has 2 aliphatic heterocycles. The fraction of sp³-hybridized carbons (Fsp3) is 0.379. The van der Waals surface area contributed by atoms with Crippen molar-refractivity contribution in [2.75, 3.05) is 16.3 Å². The fourth-order valence-corrected chi connectivity index (χ4v) is 9.43. The number of imide groups is 1. The molecule has 220 valence electrons. The zero-order chi connectivity index (χ0) is 30.7. The van der Waals surface area contributed by atoms with Gasteiger partial charge in [0.2, 0.25) is 17.7 Å². The van der Waals surface area contributed by atoms with Crippen LogP contribution in [0, 0.1) is 38.5 Å². The van der Waals surface area contributed by atoms with Crippen molar-refractivity contribution in [3.63, 3.8) is 0 Å². The van der Waals surface area contributed by atoms with Crippen LogP contribution in [-0.2, 0) is 19.2 Å². The number of allylic oxidation sites excluding steroid dienone is 2. The first-order valence-corrected chi connectivity index (χ1v) is 15.2. The second kappa shape index (κ2) is 9.75. The number of fused-ring (bicyclic) bond motifs is 5. The molecular formula is C29H22Cl6N2O5. The number of hydrogen-bond donors (Lipinski definition) is 0. The van der Waals surface area contributed by atoms with E-state index in [2.05, 4.69) is 0 Å². The lowest BCUT2D eigenvalue weighted by Crippen LogP contribution is -2.50. The molecule has 2 aliphatic carbocycles. The summed E-state index contributed by atoms with van der Waals surface area (Å²) in [4.78, 5) is 51.9. The minimum atomic E-state index is -2.02. The Kier molecular flexibility index (Phi) is 6.97. The van der Waals surface area contributed by atoms with E-state index < -0.39 is 49.6 Å². The Morgan fingerprint density at radius 2 is 1.45 bits per heavy atom. The Morgan fingerprint density at radius 1 is 0.857 bits per heavy atom. The highest BCUT2D eigenvalue weighted by molar-refractivity contribution is 6.67. The standard InChI is InChI=1S/C29H22Cl6N2O5/c1-12-5-4-6-18(14(12)3)36-11-15(10-19(36)38)26(41)42-16-7-8-17(13(2)9-16)37-24(39)20-21(25(37)40)28(33)23(31)22(30)27(20,32)29(28,34)35/h4-9,15,20-21H,10-11H2,1-3H3/t15-,20-,21-,27-,28-/m1/s1. The van der Waals surface area contributed by atoms with Crippen LogP contribution in [-0.4, -0.2) is 44.3 Å². The number of ether oxygens (including phenoxy) is 1. The molecule has 0 unspecified atom stereocenters. The maximum atomic E-state index is 13.7. The van der Waals surface area contributed by atoms with Crippen LogP contribution in [0.1, 0.15) is 23.1 Å². The molecule has 4 aliphatic rings. The van der Waals surface area contributed by atoms with E-state index in [0.29, 0.717) is 5.56 Å². The lowest BCUT2D eigenvalue weighted by molar-refractivity contribution is -0.139. The van der Waals surface area contributed by atoms with Crippen molar-refractivity contribution < 1.29 is 23.9 Å². The maximum absolute atomic E-state index is 13.7. The number of halogens is 6. The molecule has 5 atom stereocenters. The zero-order valence-electron chi connectivity index (χ0n) is 22.3. The number of nitrogens with zero attached hydrogens (tertiary/aromatic N) is 2. The van der Waals surface area contributed by atoms with Gasteiger partial charge in [0.05, 0.1) is 33.5 Å². The van der Waals surface area contributed by atoms with E-state index in [1.54, 1.807) is 11.8 Å². The summed E-state index contributed by atoms with van der Waals surface area (Å²) in [5, 5.41) is -0.342. The highest BCUT2D eigenvalue weighted by atomic mass is 35.5. The predicted molar refractivity (Wildman–Crippen MR) is 163 cm³/mol. The van der Waals surface area contributed by atoms with Crippen molar-refractivity contribution >= 4 is 105 Å². The highest BCUT2D eigenvalue weighted by Crippen LogP contribution is 2.77. The molecule has 2 heterocycles. The molecule has 42 heavy (non-hydrogen) atoms. The number of anilines is 2. The smallest absolute Gasteiger partial charge is 0.316 e. The van der Waals surface area contributed by atoms with Gasteiger partial charge in [-0.05, 0) is 61.7 Å². The minimum absolute atomic E-state index is 0.0188. The minimum Gasteiger partial charge on any atom is -0.426 e. The summed E-state index contributed by atoms with van der Waals surface area (Å²) in [6, 6.07) is 10.1. The number of carbonyl (C=O) groups excluding carboxylic acids is 4. The number of esters is 1. The van der Waals surface area contributed by atoms with Crippen molar-refractivity contribution in [3.8, 4) is 5.75 Å². The van der Waals surface area contributed by atoms with Crippen molar-refractivity contribution in [2.45, 2.75) is 41.3 Å². The van der Waals surface area contributed by atoms with Gasteiger partial charge in [0.15, 0.2) is 4.33 Å². The van der Waals surface area contributed by atoms with Crippen molar-refractivity contribution in [2.24, 2.45) is 17.8 Å². The van der Waals surface area contributed by atoms with Crippen molar-refractivity contribution in [1.29, 1.82) is 0 Å². The average molecular weight is 691 g/mol. The van der Waals surface area contributed by atoms with Crippen LogP contribution in [0.2, 0.25) is 0 Å². The molecule has 0 aromatic heterocycles.